The quantitative estimate of drug-likeness (QED) is 0.637. The van der Waals surface area contributed by atoms with E-state index in [9.17, 15) is 4.79 Å². The van der Waals surface area contributed by atoms with E-state index in [4.69, 9.17) is 5.11 Å². The molecule has 16 heavy (non-hydrogen) atoms. The van der Waals surface area contributed by atoms with Crippen molar-refractivity contribution < 1.29 is 9.90 Å². The van der Waals surface area contributed by atoms with E-state index in [2.05, 4.69) is 26.5 Å². The molecule has 0 aromatic carbocycles. The summed E-state index contributed by atoms with van der Waals surface area (Å²) in [5, 5.41) is 7.89. The highest BCUT2D eigenvalue weighted by molar-refractivity contribution is 5.84. The van der Waals surface area contributed by atoms with Gasteiger partial charge in [-0.2, -0.15) is 0 Å². The summed E-state index contributed by atoms with van der Waals surface area (Å²) in [6.45, 7) is 4.60. The van der Waals surface area contributed by atoms with Gasteiger partial charge in [0.25, 0.3) is 0 Å². The van der Waals surface area contributed by atoms with Gasteiger partial charge in [0.2, 0.25) is 0 Å². The Labute approximate surface area is 93.1 Å². The maximum absolute atomic E-state index is 9.60. The number of carboxylic acid groups (broad SMARTS) is 1. The van der Waals surface area contributed by atoms with Gasteiger partial charge in [-0.1, -0.05) is 6.58 Å². The second-order valence-electron chi connectivity index (χ2n) is 2.61. The minimum Gasteiger partial charge on any atom is -0.478 e. The van der Waals surface area contributed by atoms with Crippen molar-refractivity contribution >= 4 is 5.97 Å². The third-order valence-corrected chi connectivity index (χ3v) is 1.18. The van der Waals surface area contributed by atoms with E-state index in [1.54, 1.807) is 37.4 Å². The van der Waals surface area contributed by atoms with Crippen LogP contribution in [0.1, 0.15) is 6.92 Å². The topological polar surface area (TPSA) is 94.7 Å². The summed E-state index contributed by atoms with van der Waals surface area (Å²) in [5.41, 5.74) is 0.176. The highest BCUT2D eigenvalue weighted by Crippen LogP contribution is 1.81. The van der Waals surface area contributed by atoms with Crippen molar-refractivity contribution in [2.24, 2.45) is 0 Å². The van der Waals surface area contributed by atoms with E-state index in [0.717, 1.165) is 0 Å². The van der Waals surface area contributed by atoms with Gasteiger partial charge in [0.1, 0.15) is 0 Å². The molecule has 0 radical (unpaired) electrons. The fourth-order valence-corrected chi connectivity index (χ4v) is 0.430. The summed E-state index contributed by atoms with van der Waals surface area (Å²) < 4.78 is 0. The summed E-state index contributed by atoms with van der Waals surface area (Å²) in [7, 11) is 0. The molecule has 0 spiro atoms. The number of hydrogen-bond acceptors (Lipinski definition) is 3. The van der Waals surface area contributed by atoms with Gasteiger partial charge in [-0.3, -0.25) is 0 Å². The first-order valence-electron chi connectivity index (χ1n) is 4.39. The molecule has 0 saturated carbocycles. The number of nitrogens with one attached hydrogen (secondary N) is 2. The van der Waals surface area contributed by atoms with E-state index in [1.165, 1.54) is 6.92 Å². The smallest absolute Gasteiger partial charge is 0.330 e. The molecule has 86 valence electrons. The number of carboxylic acids is 1. The molecule has 2 rings (SSSR count). The lowest BCUT2D eigenvalue weighted by molar-refractivity contribution is -0.132. The van der Waals surface area contributed by atoms with Crippen LogP contribution in [-0.4, -0.2) is 31.0 Å². The molecule has 0 aliphatic carbocycles. The van der Waals surface area contributed by atoms with Crippen molar-refractivity contribution in [2.45, 2.75) is 6.92 Å². The Balaban J connectivity index is 0.000000211. The number of aromatic amines is 2. The van der Waals surface area contributed by atoms with E-state index < -0.39 is 5.97 Å². The minimum absolute atomic E-state index is 0.176. The van der Waals surface area contributed by atoms with Crippen LogP contribution in [0.15, 0.2) is 49.6 Å². The largest absolute Gasteiger partial charge is 0.478 e. The molecule has 0 aliphatic rings. The van der Waals surface area contributed by atoms with Crippen LogP contribution in [0.4, 0.5) is 0 Å². The van der Waals surface area contributed by atoms with Gasteiger partial charge in [-0.25, -0.2) is 14.8 Å². The first-order valence-corrected chi connectivity index (χ1v) is 4.39. The maximum atomic E-state index is 9.60. The number of aliphatic carboxylic acids is 1. The van der Waals surface area contributed by atoms with Gasteiger partial charge in [-0.15, -0.1) is 0 Å². The van der Waals surface area contributed by atoms with Gasteiger partial charge in [0, 0.05) is 30.4 Å². The second kappa shape index (κ2) is 9.20. The van der Waals surface area contributed by atoms with Gasteiger partial charge in [0.05, 0.1) is 12.7 Å². The van der Waals surface area contributed by atoms with Gasteiger partial charge >= 0.3 is 5.97 Å². The number of rotatable bonds is 1. The Bertz CT molecular complexity index is 295. The standard InChI is InChI=1S/C4H6O2.2C3H4N2/c1-3(2)4(5)6;2*1-2-5-3-4-1/h1H2,2H3,(H,5,6);2*1-3H,(H,4,5). The molecule has 0 unspecified atom stereocenters. The summed E-state index contributed by atoms with van der Waals surface area (Å²) in [6.07, 6.45) is 10.2. The highest BCUT2D eigenvalue weighted by atomic mass is 16.4. The fourth-order valence-electron chi connectivity index (χ4n) is 0.430. The molecule has 0 atom stereocenters. The second-order valence-corrected chi connectivity index (χ2v) is 2.61. The van der Waals surface area contributed by atoms with Gasteiger partial charge in [0.15, 0.2) is 0 Å². The monoisotopic (exact) mass is 222 g/mol. The molecule has 0 amide bonds. The zero-order valence-electron chi connectivity index (χ0n) is 8.92. The van der Waals surface area contributed by atoms with E-state index >= 15 is 0 Å². The molecule has 6 heteroatoms. The molecule has 6 nitrogen and oxygen atoms in total. The van der Waals surface area contributed by atoms with Crippen LogP contribution < -0.4 is 0 Å². The minimum atomic E-state index is -0.935. The lowest BCUT2D eigenvalue weighted by Gasteiger charge is -1.79. The Kier molecular flexibility index (Phi) is 7.83. The van der Waals surface area contributed by atoms with Crippen molar-refractivity contribution in [3.63, 3.8) is 0 Å². The Morgan fingerprint density at radius 2 is 1.56 bits per heavy atom. The zero-order chi connectivity index (χ0) is 12.2. The summed E-state index contributed by atoms with van der Waals surface area (Å²) >= 11 is 0. The van der Waals surface area contributed by atoms with E-state index in [-0.39, 0.29) is 5.57 Å². The third kappa shape index (κ3) is 9.72. The SMILES string of the molecule is C=C(C)C(=O)O.c1c[nH]cn1.c1c[nH]cn1. The Morgan fingerprint density at radius 3 is 1.62 bits per heavy atom. The van der Waals surface area contributed by atoms with E-state index in [0.29, 0.717) is 0 Å². The average molecular weight is 222 g/mol. The zero-order valence-corrected chi connectivity index (χ0v) is 8.92. The summed E-state index contributed by atoms with van der Waals surface area (Å²) in [5.74, 6) is -0.935. The number of H-pyrrole nitrogens is 2. The predicted molar refractivity (Wildman–Crippen MR) is 59.6 cm³/mol. The van der Waals surface area contributed by atoms with Gasteiger partial charge in [-0.05, 0) is 6.92 Å². The van der Waals surface area contributed by atoms with Crippen LogP contribution in [0, 0.1) is 0 Å². The molecular weight excluding hydrogens is 208 g/mol. The lowest BCUT2D eigenvalue weighted by atomic mass is 10.4. The fraction of sp³-hybridized carbons (Fsp3) is 0.100. The Hall–Kier alpha value is -2.37. The number of imidazole rings is 2. The first kappa shape index (κ1) is 13.6. The van der Waals surface area contributed by atoms with Crippen LogP contribution >= 0.6 is 0 Å². The molecule has 0 saturated heterocycles. The molecule has 0 aliphatic heterocycles. The predicted octanol–water partition coefficient (Wildman–Crippen LogP) is 1.47. The molecule has 2 heterocycles. The molecular formula is C10H14N4O2. The van der Waals surface area contributed by atoms with Crippen LogP contribution in [-0.2, 0) is 4.79 Å². The van der Waals surface area contributed by atoms with Crippen molar-refractivity contribution in [1.82, 2.24) is 19.9 Å². The summed E-state index contributed by atoms with van der Waals surface area (Å²) in [4.78, 5) is 22.4. The van der Waals surface area contributed by atoms with Gasteiger partial charge < -0.3 is 15.1 Å². The molecule has 0 fully saturated rings. The Morgan fingerprint density at radius 1 is 1.19 bits per heavy atom. The van der Waals surface area contributed by atoms with Crippen molar-refractivity contribution in [3.8, 4) is 0 Å². The van der Waals surface area contributed by atoms with Crippen molar-refractivity contribution in [2.75, 3.05) is 0 Å². The first-order chi connectivity index (χ1) is 7.64. The highest BCUT2D eigenvalue weighted by Gasteiger charge is 1.90. The van der Waals surface area contributed by atoms with E-state index in [1.807, 2.05) is 0 Å². The average Bonchev–Trinajstić information content (AvgIpc) is 2.97. The number of hydrogen-bond donors (Lipinski definition) is 3. The van der Waals surface area contributed by atoms with Crippen LogP contribution in [0.25, 0.3) is 0 Å². The summed E-state index contributed by atoms with van der Waals surface area (Å²) in [6, 6.07) is 0. The van der Waals surface area contributed by atoms with Crippen LogP contribution in [0.5, 0.6) is 0 Å². The molecule has 0 bridgehead atoms. The maximum Gasteiger partial charge on any atom is 0.330 e. The van der Waals surface area contributed by atoms with Crippen molar-refractivity contribution in [3.05, 3.63) is 49.6 Å². The molecule has 2 aromatic heterocycles. The number of carbonyl (C=O) groups is 1. The van der Waals surface area contributed by atoms with Crippen LogP contribution in [0.2, 0.25) is 0 Å². The lowest BCUT2D eigenvalue weighted by Crippen LogP contribution is -1.92. The third-order valence-electron chi connectivity index (χ3n) is 1.18. The van der Waals surface area contributed by atoms with Crippen LogP contribution in [0.3, 0.4) is 0 Å². The normalized spacial score (nSPS) is 7.81. The number of aromatic nitrogens is 4. The molecule has 2 aromatic rings. The molecule has 3 N–H and O–H groups in total. The number of nitrogens with zero attached hydrogens (tertiary/aromatic N) is 2. The van der Waals surface area contributed by atoms with Crippen molar-refractivity contribution in [1.29, 1.82) is 0 Å².